The molecule has 0 bridgehead atoms. The molecule has 3 aromatic rings. The van der Waals surface area contributed by atoms with E-state index >= 15 is 0 Å². The van der Waals surface area contributed by atoms with Crippen molar-refractivity contribution >= 4 is 28.7 Å². The molecule has 0 spiro atoms. The van der Waals surface area contributed by atoms with Crippen molar-refractivity contribution in [3.63, 3.8) is 0 Å². The third-order valence-corrected chi connectivity index (χ3v) is 5.26. The monoisotopic (exact) mass is 359 g/mol. The Balaban J connectivity index is 1.54. The van der Waals surface area contributed by atoms with E-state index in [9.17, 15) is 10.2 Å². The van der Waals surface area contributed by atoms with Crippen LogP contribution in [0.4, 0.5) is 5.82 Å². The highest BCUT2D eigenvalue weighted by Gasteiger charge is 2.44. The highest BCUT2D eigenvalue weighted by Crippen LogP contribution is 2.34. The molecule has 4 atom stereocenters. The maximum absolute atomic E-state index is 10.4. The van der Waals surface area contributed by atoms with Gasteiger partial charge in [0.2, 0.25) is 0 Å². The number of imidazole rings is 1. The fourth-order valence-corrected chi connectivity index (χ4v) is 3.83. The smallest absolute Gasteiger partial charge is 0.167 e. The van der Waals surface area contributed by atoms with Crippen molar-refractivity contribution in [2.75, 3.05) is 11.5 Å². The van der Waals surface area contributed by atoms with Crippen LogP contribution >= 0.6 is 11.8 Å². The molecule has 0 amide bonds. The number of anilines is 1. The van der Waals surface area contributed by atoms with Gasteiger partial charge in [-0.3, -0.25) is 4.57 Å². The molecule has 4 N–H and O–H groups in total. The predicted octanol–water partition coefficient (Wildman–Crippen LogP) is 0.820. The summed E-state index contributed by atoms with van der Waals surface area (Å²) in [7, 11) is 0. The summed E-state index contributed by atoms with van der Waals surface area (Å²) >= 11 is 1.56. The number of nitrogens with zero attached hydrogens (tertiary/aromatic N) is 4. The molecule has 3 heterocycles. The van der Waals surface area contributed by atoms with Gasteiger partial charge in [0.05, 0.1) is 12.4 Å². The molecule has 0 radical (unpaired) electrons. The van der Waals surface area contributed by atoms with Gasteiger partial charge in [-0.1, -0.05) is 18.2 Å². The normalized spacial score (nSPS) is 26.3. The lowest BCUT2D eigenvalue weighted by Gasteiger charge is -2.16. The van der Waals surface area contributed by atoms with Crippen molar-refractivity contribution in [2.45, 2.75) is 29.4 Å². The summed E-state index contributed by atoms with van der Waals surface area (Å²) < 4.78 is 7.48. The highest BCUT2D eigenvalue weighted by molar-refractivity contribution is 7.99. The maximum Gasteiger partial charge on any atom is 0.167 e. The van der Waals surface area contributed by atoms with Crippen LogP contribution in [0.5, 0.6) is 0 Å². The van der Waals surface area contributed by atoms with Gasteiger partial charge < -0.3 is 20.7 Å². The lowest BCUT2D eigenvalue weighted by atomic mass is 10.1. The number of aliphatic hydroxyl groups is 2. The number of nitrogen functional groups attached to an aromatic ring is 1. The molecule has 1 saturated heterocycles. The fraction of sp³-hybridized carbons (Fsp3) is 0.312. The molecule has 2 aromatic heterocycles. The number of hydrogen-bond donors (Lipinski definition) is 3. The molecule has 9 heteroatoms. The first-order valence-electron chi connectivity index (χ1n) is 7.77. The number of fused-ring (bicyclic) bond motifs is 1. The van der Waals surface area contributed by atoms with Crippen LogP contribution in [-0.2, 0) is 4.74 Å². The second kappa shape index (κ2) is 6.60. The van der Waals surface area contributed by atoms with Gasteiger partial charge >= 0.3 is 0 Å². The zero-order chi connectivity index (χ0) is 17.4. The van der Waals surface area contributed by atoms with Crippen LogP contribution in [0.25, 0.3) is 11.2 Å². The molecule has 1 aromatic carbocycles. The Kier molecular flexibility index (Phi) is 4.30. The number of rotatable bonds is 4. The standard InChI is InChI=1S/C16H17N5O3S/c17-14-11-15(19-7-18-14)21(8-20-11)16-13(23)12(22)10(24-16)6-25-9-4-2-1-3-5-9/h1-5,7-8,10,12-13,16,22-23H,6H2,(H2,17,18,19)/t10-,12-,13-,16-/m1/s1. The molecule has 1 aliphatic heterocycles. The Morgan fingerprint density at radius 2 is 1.92 bits per heavy atom. The lowest BCUT2D eigenvalue weighted by Crippen LogP contribution is -2.32. The van der Waals surface area contributed by atoms with Crippen LogP contribution in [0.1, 0.15) is 6.23 Å². The van der Waals surface area contributed by atoms with Gasteiger partial charge in [-0.15, -0.1) is 11.8 Å². The van der Waals surface area contributed by atoms with Crippen LogP contribution in [0.3, 0.4) is 0 Å². The SMILES string of the molecule is Nc1ncnc2c1ncn2[C@@H]1O[C@H](CSc2ccccc2)[C@@H](O)[C@H]1O. The van der Waals surface area contributed by atoms with Gasteiger partial charge in [-0.05, 0) is 12.1 Å². The number of thioether (sulfide) groups is 1. The number of ether oxygens (including phenoxy) is 1. The van der Waals surface area contributed by atoms with Crippen LogP contribution in [0.2, 0.25) is 0 Å². The minimum atomic E-state index is -1.09. The Morgan fingerprint density at radius 3 is 2.72 bits per heavy atom. The van der Waals surface area contributed by atoms with Crippen LogP contribution < -0.4 is 5.73 Å². The Morgan fingerprint density at radius 1 is 1.12 bits per heavy atom. The minimum absolute atomic E-state index is 0.257. The van der Waals surface area contributed by atoms with Gasteiger partial charge in [0, 0.05) is 10.6 Å². The summed E-state index contributed by atoms with van der Waals surface area (Å²) in [4.78, 5) is 13.3. The predicted molar refractivity (Wildman–Crippen MR) is 92.8 cm³/mol. The Labute approximate surface area is 147 Å². The van der Waals surface area contributed by atoms with E-state index in [2.05, 4.69) is 15.0 Å². The second-order valence-electron chi connectivity index (χ2n) is 5.75. The third-order valence-electron chi connectivity index (χ3n) is 4.16. The van der Waals surface area contributed by atoms with E-state index in [1.807, 2.05) is 30.3 Å². The van der Waals surface area contributed by atoms with Gasteiger partial charge in [0.1, 0.15) is 24.1 Å². The third kappa shape index (κ3) is 2.95. The first-order valence-corrected chi connectivity index (χ1v) is 8.76. The molecular formula is C16H17N5O3S. The Bertz CT molecular complexity index is 875. The topological polar surface area (TPSA) is 119 Å². The van der Waals surface area contributed by atoms with Crippen molar-refractivity contribution < 1.29 is 14.9 Å². The van der Waals surface area contributed by atoms with E-state index in [4.69, 9.17) is 10.5 Å². The summed E-state index contributed by atoms with van der Waals surface area (Å²) in [5.41, 5.74) is 6.68. The minimum Gasteiger partial charge on any atom is -0.387 e. The van der Waals surface area contributed by atoms with Gasteiger partial charge in [0.15, 0.2) is 17.7 Å². The van der Waals surface area contributed by atoms with Crippen LogP contribution in [-0.4, -0.2) is 53.8 Å². The van der Waals surface area contributed by atoms with Crippen molar-refractivity contribution in [3.05, 3.63) is 43.0 Å². The molecular weight excluding hydrogens is 342 g/mol. The van der Waals surface area contributed by atoms with Gasteiger partial charge in [-0.25, -0.2) is 15.0 Å². The molecule has 130 valence electrons. The van der Waals surface area contributed by atoms with Crippen molar-refractivity contribution in [1.29, 1.82) is 0 Å². The van der Waals surface area contributed by atoms with E-state index < -0.39 is 24.5 Å². The first-order chi connectivity index (χ1) is 12.1. The fourth-order valence-electron chi connectivity index (χ4n) is 2.85. The number of hydrogen-bond acceptors (Lipinski definition) is 8. The van der Waals surface area contributed by atoms with E-state index in [1.165, 1.54) is 12.7 Å². The van der Waals surface area contributed by atoms with E-state index in [1.54, 1.807) is 16.3 Å². The summed E-state index contributed by atoms with van der Waals surface area (Å²) in [5, 5.41) is 20.8. The van der Waals surface area contributed by atoms with Crippen LogP contribution in [0.15, 0.2) is 47.9 Å². The zero-order valence-electron chi connectivity index (χ0n) is 13.1. The zero-order valence-corrected chi connectivity index (χ0v) is 14.0. The molecule has 1 fully saturated rings. The molecule has 25 heavy (non-hydrogen) atoms. The quantitative estimate of drug-likeness (QED) is 0.586. The lowest BCUT2D eigenvalue weighted by molar-refractivity contribution is -0.0289. The summed E-state index contributed by atoms with van der Waals surface area (Å²) in [6, 6.07) is 9.83. The number of nitrogens with two attached hydrogens (primary N) is 1. The van der Waals surface area contributed by atoms with E-state index in [0.29, 0.717) is 16.9 Å². The number of aromatic nitrogens is 4. The van der Waals surface area contributed by atoms with Gasteiger partial charge in [0.25, 0.3) is 0 Å². The van der Waals surface area contributed by atoms with E-state index in [0.717, 1.165) is 4.90 Å². The summed E-state index contributed by atoms with van der Waals surface area (Å²) in [6.07, 6.45) is -0.565. The molecule has 0 saturated carbocycles. The van der Waals surface area contributed by atoms with E-state index in [-0.39, 0.29) is 5.82 Å². The average molecular weight is 359 g/mol. The van der Waals surface area contributed by atoms with Gasteiger partial charge in [-0.2, -0.15) is 0 Å². The average Bonchev–Trinajstić information content (AvgIpc) is 3.18. The molecule has 1 aliphatic rings. The van der Waals surface area contributed by atoms with Crippen molar-refractivity contribution in [3.8, 4) is 0 Å². The van der Waals surface area contributed by atoms with Crippen molar-refractivity contribution in [1.82, 2.24) is 19.5 Å². The molecule has 0 unspecified atom stereocenters. The highest BCUT2D eigenvalue weighted by atomic mass is 32.2. The Hall–Kier alpha value is -2.20. The largest absolute Gasteiger partial charge is 0.387 e. The summed E-state index contributed by atoms with van der Waals surface area (Å²) in [6.45, 7) is 0. The summed E-state index contributed by atoms with van der Waals surface area (Å²) in [5.74, 6) is 0.774. The van der Waals surface area contributed by atoms with Crippen molar-refractivity contribution in [2.24, 2.45) is 0 Å². The van der Waals surface area contributed by atoms with Crippen LogP contribution in [0, 0.1) is 0 Å². The molecule has 8 nitrogen and oxygen atoms in total. The first kappa shape index (κ1) is 16.3. The molecule has 4 rings (SSSR count). The second-order valence-corrected chi connectivity index (χ2v) is 6.85. The molecule has 0 aliphatic carbocycles. The number of benzene rings is 1. The number of aliphatic hydroxyl groups excluding tert-OH is 2. The maximum atomic E-state index is 10.4.